The molecule has 0 aliphatic heterocycles. The summed E-state index contributed by atoms with van der Waals surface area (Å²) in [6, 6.07) is 0. The van der Waals surface area contributed by atoms with E-state index in [2.05, 4.69) is 48.1 Å². The van der Waals surface area contributed by atoms with Crippen LogP contribution in [0, 0.1) is 17.8 Å². The van der Waals surface area contributed by atoms with Crippen molar-refractivity contribution in [3.8, 4) is 0 Å². The molecular weight excluding hydrogens is 239 g/mol. The predicted octanol–water partition coefficient (Wildman–Crippen LogP) is 4.71. The van der Waals surface area contributed by atoms with Gasteiger partial charge in [0.2, 0.25) is 0 Å². The van der Waals surface area contributed by atoms with Gasteiger partial charge in [0.25, 0.3) is 14.1 Å². The summed E-state index contributed by atoms with van der Waals surface area (Å²) in [4.78, 5) is 9.25. The molecule has 0 aromatic heterocycles. The Morgan fingerprint density at radius 1 is 1.00 bits per heavy atom. The molecule has 0 aliphatic carbocycles. The largest absolute Gasteiger partial charge is 0.478 e. The summed E-state index contributed by atoms with van der Waals surface area (Å²) < 4.78 is 0. The van der Waals surface area contributed by atoms with Gasteiger partial charge in [-0.2, -0.15) is 0 Å². The Kier molecular flexibility index (Phi) is 13.2. The number of rotatable bonds is 7. The third-order valence-electron chi connectivity index (χ3n) is 2.59. The zero-order valence-corrected chi connectivity index (χ0v) is 14.2. The number of aliphatic carboxylic acids is 1. The lowest BCUT2D eigenvalue weighted by atomic mass is 10.2. The van der Waals surface area contributed by atoms with Crippen LogP contribution in [0.5, 0.6) is 0 Å². The lowest BCUT2D eigenvalue weighted by molar-refractivity contribution is -0.131. The summed E-state index contributed by atoms with van der Waals surface area (Å²) in [5.41, 5.74) is 0. The lowest BCUT2D eigenvalue weighted by Gasteiger charge is -2.17. The van der Waals surface area contributed by atoms with Crippen molar-refractivity contribution in [2.45, 2.75) is 57.4 Å². The molecule has 3 heteroatoms. The molecule has 0 atom stereocenters. The molecule has 0 rings (SSSR count). The Morgan fingerprint density at radius 2 is 1.22 bits per heavy atom. The van der Waals surface area contributed by atoms with Gasteiger partial charge in [-0.1, -0.05) is 81.7 Å². The van der Waals surface area contributed by atoms with E-state index in [9.17, 15) is 4.79 Å². The average Bonchev–Trinajstić information content (AvgIpc) is 2.14. The third-order valence-corrected chi connectivity index (χ3v) is 7.42. The molecule has 0 aromatic carbocycles. The summed E-state index contributed by atoms with van der Waals surface area (Å²) in [7, 11) is 0. The Labute approximate surface area is 118 Å². The summed E-state index contributed by atoms with van der Waals surface area (Å²) in [6.45, 7) is 17.2. The van der Waals surface area contributed by atoms with E-state index in [1.807, 2.05) is 0 Å². The van der Waals surface area contributed by atoms with Crippen LogP contribution in [0.1, 0.15) is 41.5 Å². The second-order valence-electron chi connectivity index (χ2n) is 6.30. The van der Waals surface area contributed by atoms with Crippen LogP contribution in [-0.2, 0) is 4.79 Å². The molecule has 18 heavy (non-hydrogen) atoms. The van der Waals surface area contributed by atoms with Gasteiger partial charge in [-0.15, -0.1) is 0 Å². The van der Waals surface area contributed by atoms with Crippen LogP contribution in [0.2, 0.25) is 15.8 Å². The highest BCUT2D eigenvalue weighted by Gasteiger charge is 2.20. The van der Waals surface area contributed by atoms with Crippen molar-refractivity contribution >= 4 is 20.1 Å². The maximum absolute atomic E-state index is 9.25. The molecule has 0 aliphatic rings. The Bertz CT molecular complexity index is 199. The fourth-order valence-electron chi connectivity index (χ4n) is 2.29. The molecule has 0 saturated heterocycles. The maximum Gasteiger partial charge on any atom is 0.327 e. The van der Waals surface area contributed by atoms with Gasteiger partial charge < -0.3 is 5.11 Å². The number of hydrogen-bond acceptors (Lipinski definition) is 1. The summed E-state index contributed by atoms with van der Waals surface area (Å²) in [5.74, 6) is 1.79. The zero-order valence-electron chi connectivity index (χ0n) is 13.1. The normalized spacial score (nSPS) is 10.3. The van der Waals surface area contributed by atoms with Crippen LogP contribution in [0.15, 0.2) is 12.7 Å². The molecule has 0 saturated carbocycles. The van der Waals surface area contributed by atoms with Gasteiger partial charge in [-0.25, -0.2) is 4.79 Å². The number of carbonyl (C=O) groups is 1. The summed E-state index contributed by atoms with van der Waals surface area (Å²) in [6.07, 6.45) is 0.833. The van der Waals surface area contributed by atoms with Crippen LogP contribution in [0.25, 0.3) is 0 Å². The molecule has 0 amide bonds. The highest BCUT2D eigenvalue weighted by Crippen LogP contribution is 2.20. The highest BCUT2D eigenvalue weighted by molar-refractivity contribution is 6.58. The molecule has 0 unspecified atom stereocenters. The van der Waals surface area contributed by atoms with Gasteiger partial charge in [-0.05, 0) is 0 Å². The fraction of sp³-hybridized carbons (Fsp3) is 0.800. The fourth-order valence-corrected chi connectivity index (χ4v) is 6.87. The van der Waals surface area contributed by atoms with Gasteiger partial charge in [-0.3, -0.25) is 0 Å². The van der Waals surface area contributed by atoms with Gasteiger partial charge in [0.15, 0.2) is 0 Å². The second kappa shape index (κ2) is 11.8. The van der Waals surface area contributed by atoms with Crippen LogP contribution in [0.4, 0.5) is 0 Å². The molecule has 0 bridgehead atoms. The quantitative estimate of drug-likeness (QED) is 0.537. The molecule has 1 N–H and O–H groups in total. The van der Waals surface area contributed by atoms with Crippen molar-refractivity contribution in [1.29, 1.82) is 0 Å². The highest BCUT2D eigenvalue weighted by atomic mass is 27.2. The van der Waals surface area contributed by atoms with E-state index in [-0.39, 0.29) is 0 Å². The van der Waals surface area contributed by atoms with E-state index in [0.717, 1.165) is 23.8 Å². The molecule has 0 aromatic rings. The molecule has 0 fully saturated rings. The molecule has 106 valence electrons. The van der Waals surface area contributed by atoms with Gasteiger partial charge in [0.1, 0.15) is 0 Å². The molecule has 0 spiro atoms. The van der Waals surface area contributed by atoms with E-state index in [4.69, 9.17) is 5.11 Å². The van der Waals surface area contributed by atoms with Crippen molar-refractivity contribution in [3.05, 3.63) is 12.7 Å². The molecule has 0 radical (unpaired) electrons. The van der Waals surface area contributed by atoms with Crippen LogP contribution >= 0.6 is 0 Å². The van der Waals surface area contributed by atoms with Crippen LogP contribution in [-0.4, -0.2) is 25.2 Å². The Balaban J connectivity index is 0. The molecule has 2 nitrogen and oxygen atoms in total. The Morgan fingerprint density at radius 3 is 1.33 bits per heavy atom. The first-order valence-corrected chi connectivity index (χ1v) is 9.49. The summed E-state index contributed by atoms with van der Waals surface area (Å²) in [5, 5.41) is 12.3. The van der Waals surface area contributed by atoms with Crippen molar-refractivity contribution in [1.82, 2.24) is 0 Å². The van der Waals surface area contributed by atoms with E-state index in [1.54, 1.807) is 15.8 Å². The van der Waals surface area contributed by atoms with Crippen molar-refractivity contribution < 1.29 is 9.90 Å². The molecular formula is C15H31AlO2. The standard InChI is InChI=1S/3C4H9.C3H4O2.Al/c3*1-4(2)3;1-2-3(4)5;/h3*4H,1H2,2-3H3;2H,1H2,(H,4,5);. The SMILES string of the molecule is C=CC(=O)O.CC(C)[CH2][Al]([CH2]C(C)C)[CH2]C(C)C. The minimum atomic E-state index is -0.981. The van der Waals surface area contributed by atoms with Crippen molar-refractivity contribution in [2.75, 3.05) is 0 Å². The van der Waals surface area contributed by atoms with Gasteiger partial charge in [0, 0.05) is 6.08 Å². The van der Waals surface area contributed by atoms with Crippen LogP contribution < -0.4 is 0 Å². The maximum atomic E-state index is 9.25. The van der Waals surface area contributed by atoms with E-state index in [0.29, 0.717) is 0 Å². The monoisotopic (exact) mass is 270 g/mol. The number of carboxylic acids is 1. The van der Waals surface area contributed by atoms with Gasteiger partial charge in [0.05, 0.1) is 0 Å². The van der Waals surface area contributed by atoms with E-state index >= 15 is 0 Å². The number of hydrogen-bond donors (Lipinski definition) is 1. The minimum absolute atomic E-state index is 0.407. The van der Waals surface area contributed by atoms with Gasteiger partial charge >= 0.3 is 5.97 Å². The van der Waals surface area contributed by atoms with E-state index in [1.165, 1.54) is 0 Å². The average molecular weight is 270 g/mol. The van der Waals surface area contributed by atoms with Crippen LogP contribution in [0.3, 0.4) is 0 Å². The Hall–Kier alpha value is -0.258. The first-order chi connectivity index (χ1) is 8.18. The smallest absolute Gasteiger partial charge is 0.327 e. The minimum Gasteiger partial charge on any atom is -0.478 e. The second-order valence-corrected chi connectivity index (χ2v) is 9.44. The number of carboxylic acid groups (broad SMARTS) is 1. The molecule has 0 heterocycles. The predicted molar refractivity (Wildman–Crippen MR) is 82.5 cm³/mol. The van der Waals surface area contributed by atoms with Crippen molar-refractivity contribution in [2.24, 2.45) is 17.8 Å². The lowest BCUT2D eigenvalue weighted by Crippen LogP contribution is -2.19. The third kappa shape index (κ3) is 18.1. The first kappa shape index (κ1) is 20.1. The zero-order chi connectivity index (χ0) is 14.7. The summed E-state index contributed by atoms with van der Waals surface area (Å²) >= 11 is -0.407. The first-order valence-electron chi connectivity index (χ1n) is 7.04. The topological polar surface area (TPSA) is 37.3 Å². The van der Waals surface area contributed by atoms with E-state index < -0.39 is 20.1 Å². The van der Waals surface area contributed by atoms with Crippen molar-refractivity contribution in [3.63, 3.8) is 0 Å².